The standard InChI is InChI=1S/C19H18N2O4S/c1-12-16-10-15(26(23,24)11-14-4-2-3-9-20-14)7-8-17(16)25-18(12)19(22)21-13-5-6-13/h2-4,7-10,13H,5-6,11H2,1H3,(H,21,22). The van der Waals surface area contributed by atoms with Crippen molar-refractivity contribution in [2.45, 2.75) is 36.5 Å². The van der Waals surface area contributed by atoms with E-state index >= 15 is 0 Å². The van der Waals surface area contributed by atoms with E-state index < -0.39 is 9.84 Å². The average Bonchev–Trinajstić information content (AvgIpc) is 3.37. The second-order valence-electron chi connectivity index (χ2n) is 6.54. The summed E-state index contributed by atoms with van der Waals surface area (Å²) in [5, 5.41) is 3.52. The minimum Gasteiger partial charge on any atom is -0.451 e. The topological polar surface area (TPSA) is 89.3 Å². The number of benzene rings is 1. The molecule has 0 unspecified atom stereocenters. The molecule has 134 valence electrons. The Hall–Kier alpha value is -2.67. The number of carbonyl (C=O) groups excluding carboxylic acids is 1. The zero-order valence-electron chi connectivity index (χ0n) is 14.2. The van der Waals surface area contributed by atoms with E-state index in [2.05, 4.69) is 10.3 Å². The van der Waals surface area contributed by atoms with E-state index in [1.165, 1.54) is 6.07 Å². The smallest absolute Gasteiger partial charge is 0.287 e. The third-order valence-corrected chi connectivity index (χ3v) is 6.10. The van der Waals surface area contributed by atoms with Gasteiger partial charge in [0.05, 0.1) is 16.3 Å². The molecular formula is C19H18N2O4S. The molecule has 6 nitrogen and oxygen atoms in total. The number of aromatic nitrogens is 1. The van der Waals surface area contributed by atoms with Crippen LogP contribution in [0.3, 0.4) is 0 Å². The Balaban J connectivity index is 1.68. The number of nitrogens with zero attached hydrogens (tertiary/aromatic N) is 1. The molecule has 0 atom stereocenters. The number of carbonyl (C=O) groups is 1. The molecule has 0 aliphatic heterocycles. The Morgan fingerprint density at radius 3 is 2.77 bits per heavy atom. The van der Waals surface area contributed by atoms with E-state index in [0.717, 1.165) is 12.8 Å². The lowest BCUT2D eigenvalue weighted by molar-refractivity contribution is 0.0924. The minimum atomic E-state index is -3.55. The van der Waals surface area contributed by atoms with E-state index in [9.17, 15) is 13.2 Å². The molecule has 7 heteroatoms. The molecule has 3 aromatic rings. The highest BCUT2D eigenvalue weighted by Gasteiger charge is 2.27. The van der Waals surface area contributed by atoms with Gasteiger partial charge in [-0.2, -0.15) is 0 Å². The second-order valence-corrected chi connectivity index (χ2v) is 8.53. The number of hydrogen-bond donors (Lipinski definition) is 1. The highest BCUT2D eigenvalue weighted by atomic mass is 32.2. The van der Waals surface area contributed by atoms with Crippen LogP contribution in [0.25, 0.3) is 11.0 Å². The zero-order chi connectivity index (χ0) is 18.3. The molecule has 1 N–H and O–H groups in total. The van der Waals surface area contributed by atoms with Crippen molar-refractivity contribution in [1.29, 1.82) is 0 Å². The predicted molar refractivity (Wildman–Crippen MR) is 96.6 cm³/mol. The first-order valence-corrected chi connectivity index (χ1v) is 10.1. The Labute approximate surface area is 151 Å². The fourth-order valence-corrected chi connectivity index (χ4v) is 4.15. The van der Waals surface area contributed by atoms with E-state index in [-0.39, 0.29) is 28.4 Å². The van der Waals surface area contributed by atoms with E-state index in [1.807, 2.05) is 0 Å². The highest BCUT2D eigenvalue weighted by molar-refractivity contribution is 7.90. The lowest BCUT2D eigenvalue weighted by Gasteiger charge is -2.04. The lowest BCUT2D eigenvalue weighted by Crippen LogP contribution is -2.25. The van der Waals surface area contributed by atoms with Crippen LogP contribution in [0.1, 0.15) is 34.7 Å². The normalized spacial score (nSPS) is 14.5. The maximum Gasteiger partial charge on any atom is 0.287 e. The maximum atomic E-state index is 12.7. The summed E-state index contributed by atoms with van der Waals surface area (Å²) in [5.41, 5.74) is 1.63. The van der Waals surface area contributed by atoms with Crippen molar-refractivity contribution in [3.05, 3.63) is 59.6 Å². The van der Waals surface area contributed by atoms with Gasteiger partial charge in [-0.25, -0.2) is 8.42 Å². The van der Waals surface area contributed by atoms with Gasteiger partial charge in [-0.1, -0.05) is 6.07 Å². The fourth-order valence-electron chi connectivity index (χ4n) is 2.85. The molecule has 1 amide bonds. The van der Waals surface area contributed by atoms with Gasteiger partial charge in [0, 0.05) is 23.2 Å². The van der Waals surface area contributed by atoms with Crippen molar-refractivity contribution in [2.24, 2.45) is 0 Å². The fraction of sp³-hybridized carbons (Fsp3) is 0.263. The monoisotopic (exact) mass is 370 g/mol. The van der Waals surface area contributed by atoms with Crippen molar-refractivity contribution < 1.29 is 17.6 Å². The van der Waals surface area contributed by atoms with Gasteiger partial charge in [0.25, 0.3) is 5.91 Å². The molecule has 26 heavy (non-hydrogen) atoms. The van der Waals surface area contributed by atoms with Crippen molar-refractivity contribution in [3.8, 4) is 0 Å². The Bertz CT molecular complexity index is 1080. The molecule has 0 saturated heterocycles. The van der Waals surface area contributed by atoms with Crippen LogP contribution in [-0.2, 0) is 15.6 Å². The number of amides is 1. The van der Waals surface area contributed by atoms with E-state index in [0.29, 0.717) is 22.2 Å². The molecule has 1 saturated carbocycles. The van der Waals surface area contributed by atoms with Gasteiger partial charge in [-0.3, -0.25) is 9.78 Å². The molecule has 0 radical (unpaired) electrons. The summed E-state index contributed by atoms with van der Waals surface area (Å²) in [5.74, 6) is -0.184. The van der Waals surface area contributed by atoms with Crippen molar-refractivity contribution in [2.75, 3.05) is 0 Å². The molecule has 1 aromatic carbocycles. The number of sulfone groups is 1. The summed E-state index contributed by atoms with van der Waals surface area (Å²) in [6.45, 7) is 1.77. The molecule has 2 aromatic heterocycles. The minimum absolute atomic E-state index is 0.175. The predicted octanol–water partition coefficient (Wildman–Crippen LogP) is 3.00. The van der Waals surface area contributed by atoms with Crippen molar-refractivity contribution in [1.82, 2.24) is 10.3 Å². The summed E-state index contributed by atoms with van der Waals surface area (Å²) in [6, 6.07) is 10.1. The van der Waals surface area contributed by atoms with Gasteiger partial charge < -0.3 is 9.73 Å². The number of aryl methyl sites for hydroxylation is 1. The van der Waals surface area contributed by atoms with Gasteiger partial charge in [-0.15, -0.1) is 0 Å². The number of rotatable bonds is 5. The second kappa shape index (κ2) is 6.25. The van der Waals surface area contributed by atoms with Gasteiger partial charge in [0.1, 0.15) is 5.58 Å². The molecule has 1 aliphatic rings. The average molecular weight is 370 g/mol. The SMILES string of the molecule is Cc1c(C(=O)NC2CC2)oc2ccc(S(=O)(=O)Cc3ccccn3)cc12. The van der Waals surface area contributed by atoms with Crippen LogP contribution in [0, 0.1) is 6.92 Å². The Morgan fingerprint density at radius 2 is 2.08 bits per heavy atom. The summed E-state index contributed by atoms with van der Waals surface area (Å²) in [4.78, 5) is 16.5. The zero-order valence-corrected chi connectivity index (χ0v) is 15.0. The number of fused-ring (bicyclic) bond motifs is 1. The number of furan rings is 1. The van der Waals surface area contributed by atoms with Crippen LogP contribution in [0.4, 0.5) is 0 Å². The molecule has 0 spiro atoms. The molecular weight excluding hydrogens is 352 g/mol. The number of hydrogen-bond acceptors (Lipinski definition) is 5. The summed E-state index contributed by atoms with van der Waals surface area (Å²) in [7, 11) is -3.55. The van der Waals surface area contributed by atoms with E-state index in [1.54, 1.807) is 43.5 Å². The summed E-state index contributed by atoms with van der Waals surface area (Å²) < 4.78 is 31.1. The van der Waals surface area contributed by atoms with Crippen molar-refractivity contribution in [3.63, 3.8) is 0 Å². The first kappa shape index (κ1) is 16.8. The van der Waals surface area contributed by atoms with Crippen LogP contribution in [-0.4, -0.2) is 25.4 Å². The summed E-state index contributed by atoms with van der Waals surface area (Å²) in [6.07, 6.45) is 3.54. The number of nitrogens with one attached hydrogen (secondary N) is 1. The van der Waals surface area contributed by atoms with Gasteiger partial charge >= 0.3 is 0 Å². The Kier molecular flexibility index (Phi) is 4.03. The van der Waals surface area contributed by atoms with Crippen LogP contribution in [0.2, 0.25) is 0 Å². The highest BCUT2D eigenvalue weighted by Crippen LogP contribution is 2.29. The molecule has 1 aliphatic carbocycles. The van der Waals surface area contributed by atoms with E-state index in [4.69, 9.17) is 4.42 Å². The third kappa shape index (κ3) is 3.22. The molecule has 1 fully saturated rings. The van der Waals surface area contributed by atoms with Crippen molar-refractivity contribution >= 4 is 26.7 Å². The van der Waals surface area contributed by atoms with Crippen LogP contribution >= 0.6 is 0 Å². The largest absolute Gasteiger partial charge is 0.451 e. The third-order valence-electron chi connectivity index (χ3n) is 4.45. The molecule has 0 bridgehead atoms. The first-order chi connectivity index (χ1) is 12.4. The first-order valence-electron chi connectivity index (χ1n) is 8.41. The molecule has 2 heterocycles. The van der Waals surface area contributed by atoms with Crippen LogP contribution in [0.5, 0.6) is 0 Å². The summed E-state index contributed by atoms with van der Waals surface area (Å²) >= 11 is 0. The maximum absolute atomic E-state index is 12.7. The van der Waals surface area contributed by atoms with Gasteiger partial charge in [-0.05, 0) is 50.1 Å². The molecule has 4 rings (SSSR count). The Morgan fingerprint density at radius 1 is 1.27 bits per heavy atom. The van der Waals surface area contributed by atoms with Gasteiger partial charge in [0.2, 0.25) is 0 Å². The lowest BCUT2D eigenvalue weighted by atomic mass is 10.1. The van der Waals surface area contributed by atoms with Crippen LogP contribution in [0.15, 0.2) is 51.9 Å². The quantitative estimate of drug-likeness (QED) is 0.746. The van der Waals surface area contributed by atoms with Crippen LogP contribution < -0.4 is 5.32 Å². The number of pyridine rings is 1. The van der Waals surface area contributed by atoms with Gasteiger partial charge in [0.15, 0.2) is 15.6 Å².